The van der Waals surface area contributed by atoms with Gasteiger partial charge >= 0.3 is 12.2 Å². The smallest absolute Gasteiger partial charge is 0.341 e. The average Bonchev–Trinajstić information content (AvgIpc) is 2.95. The summed E-state index contributed by atoms with van der Waals surface area (Å²) in [7, 11) is 0. The second-order valence-corrected chi connectivity index (χ2v) is 6.01. The van der Waals surface area contributed by atoms with Crippen LogP contribution >= 0.6 is 0 Å². The highest BCUT2D eigenvalue weighted by atomic mass is 19.4. The zero-order valence-electron chi connectivity index (χ0n) is 13.5. The third-order valence-electron chi connectivity index (χ3n) is 4.63. The number of carbonyl (C=O) groups excluding carboxylic acids is 1. The van der Waals surface area contributed by atoms with Gasteiger partial charge in [0.05, 0.1) is 0 Å². The summed E-state index contributed by atoms with van der Waals surface area (Å²) in [6.07, 6.45) is -1.91. The number of nitrogens with zero attached hydrogens (tertiary/aromatic N) is 5. The summed E-state index contributed by atoms with van der Waals surface area (Å²) in [6, 6.07) is 1.07. The Kier molecular flexibility index (Phi) is 4.51. The minimum absolute atomic E-state index is 0.0614. The number of piperidine rings is 1. The largest absolute Gasteiger partial charge is 0.433 e. The van der Waals surface area contributed by atoms with Crippen LogP contribution in [-0.2, 0) is 6.18 Å². The molecule has 6 nitrogen and oxygen atoms in total. The van der Waals surface area contributed by atoms with E-state index in [1.54, 1.807) is 4.90 Å². The number of carbonyl (C=O) groups is 1. The van der Waals surface area contributed by atoms with Crippen molar-refractivity contribution in [2.45, 2.75) is 32.0 Å². The third-order valence-corrected chi connectivity index (χ3v) is 4.63. The van der Waals surface area contributed by atoms with Crippen LogP contribution in [0.5, 0.6) is 0 Å². The Hall–Kier alpha value is -2.06. The molecule has 3 heterocycles. The Morgan fingerprint density at radius 3 is 2.50 bits per heavy atom. The maximum absolute atomic E-state index is 12.8. The molecule has 1 aromatic heterocycles. The fraction of sp³-hybridized carbons (Fsp3) is 0.667. The zero-order chi connectivity index (χ0) is 17.3. The van der Waals surface area contributed by atoms with Gasteiger partial charge in [-0.05, 0) is 25.8 Å². The first-order valence-corrected chi connectivity index (χ1v) is 8.11. The van der Waals surface area contributed by atoms with Crippen LogP contribution in [0, 0.1) is 0 Å². The molecule has 1 aromatic rings. The van der Waals surface area contributed by atoms with E-state index in [0.717, 1.165) is 25.4 Å². The summed E-state index contributed by atoms with van der Waals surface area (Å²) in [5.74, 6) is 0.103. The Morgan fingerprint density at radius 1 is 1.21 bits per heavy atom. The predicted molar refractivity (Wildman–Crippen MR) is 81.6 cm³/mol. The van der Waals surface area contributed by atoms with E-state index in [2.05, 4.69) is 9.97 Å². The maximum Gasteiger partial charge on any atom is 0.433 e. The van der Waals surface area contributed by atoms with Crippen LogP contribution in [0.25, 0.3) is 0 Å². The first-order valence-electron chi connectivity index (χ1n) is 8.11. The van der Waals surface area contributed by atoms with Crippen LogP contribution < -0.4 is 4.90 Å². The lowest BCUT2D eigenvalue weighted by molar-refractivity contribution is -0.141. The molecular formula is C15H20F3N5O. The monoisotopic (exact) mass is 343 g/mol. The first kappa shape index (κ1) is 16.8. The normalized spacial score (nSPS) is 20.2. The van der Waals surface area contributed by atoms with E-state index in [1.165, 1.54) is 0 Å². The van der Waals surface area contributed by atoms with Crippen LogP contribution in [0.3, 0.4) is 0 Å². The molecule has 0 bridgehead atoms. The Labute approximate surface area is 138 Å². The van der Waals surface area contributed by atoms with E-state index in [-0.39, 0.29) is 18.0 Å². The molecule has 9 heteroatoms. The van der Waals surface area contributed by atoms with Gasteiger partial charge in [0.25, 0.3) is 0 Å². The molecule has 2 aliphatic rings. The van der Waals surface area contributed by atoms with Crippen molar-refractivity contribution in [3.63, 3.8) is 0 Å². The second kappa shape index (κ2) is 6.45. The van der Waals surface area contributed by atoms with Crippen LogP contribution in [0.15, 0.2) is 12.3 Å². The topological polar surface area (TPSA) is 52.6 Å². The standard InChI is InChI=1S/C15H20F3N5O/c1-2-21-9-10-23(14(21)24)11-4-7-22(8-5-11)13-19-6-3-12(20-13)15(16,17)18/h3,6,11H,2,4-5,7-10H2,1H3. The van der Waals surface area contributed by atoms with Crippen molar-refractivity contribution >= 4 is 12.0 Å². The lowest BCUT2D eigenvalue weighted by atomic mass is 10.0. The van der Waals surface area contributed by atoms with Crippen molar-refractivity contribution < 1.29 is 18.0 Å². The zero-order valence-corrected chi connectivity index (χ0v) is 13.5. The number of anilines is 1. The quantitative estimate of drug-likeness (QED) is 0.844. The Balaban J connectivity index is 1.63. The molecule has 2 amide bonds. The van der Waals surface area contributed by atoms with Crippen molar-refractivity contribution in [2.24, 2.45) is 0 Å². The molecule has 0 aromatic carbocycles. The summed E-state index contributed by atoms with van der Waals surface area (Å²) in [5.41, 5.74) is -0.928. The minimum Gasteiger partial charge on any atom is -0.341 e. The molecule has 0 saturated carbocycles. The van der Waals surface area contributed by atoms with Gasteiger partial charge in [0.15, 0.2) is 0 Å². The molecule has 2 aliphatic heterocycles. The lowest BCUT2D eigenvalue weighted by Crippen LogP contribution is -2.47. The molecular weight excluding hydrogens is 323 g/mol. The van der Waals surface area contributed by atoms with Crippen LogP contribution in [0.2, 0.25) is 0 Å². The molecule has 0 N–H and O–H groups in total. The fourth-order valence-electron chi connectivity index (χ4n) is 3.27. The summed E-state index contributed by atoms with van der Waals surface area (Å²) in [4.78, 5) is 25.3. The number of amides is 2. The second-order valence-electron chi connectivity index (χ2n) is 6.01. The van der Waals surface area contributed by atoms with E-state index >= 15 is 0 Å². The number of rotatable bonds is 3. The molecule has 0 atom stereocenters. The highest BCUT2D eigenvalue weighted by Crippen LogP contribution is 2.29. The summed E-state index contributed by atoms with van der Waals surface area (Å²) >= 11 is 0. The lowest BCUT2D eigenvalue weighted by Gasteiger charge is -2.36. The molecule has 3 rings (SSSR count). The van der Waals surface area contributed by atoms with E-state index < -0.39 is 11.9 Å². The number of urea groups is 1. The maximum atomic E-state index is 12.8. The molecule has 2 saturated heterocycles. The van der Waals surface area contributed by atoms with E-state index in [0.29, 0.717) is 32.5 Å². The Bertz CT molecular complexity index is 601. The molecule has 0 spiro atoms. The van der Waals surface area contributed by atoms with Gasteiger partial charge in [-0.25, -0.2) is 14.8 Å². The van der Waals surface area contributed by atoms with Crippen molar-refractivity contribution in [1.29, 1.82) is 0 Å². The predicted octanol–water partition coefficient (Wildman–Crippen LogP) is 2.22. The van der Waals surface area contributed by atoms with Gasteiger partial charge in [0.2, 0.25) is 5.95 Å². The summed E-state index contributed by atoms with van der Waals surface area (Å²) in [6.45, 7) is 5.20. The number of halogens is 3. The van der Waals surface area contributed by atoms with Crippen LogP contribution in [0.4, 0.5) is 23.9 Å². The highest BCUT2D eigenvalue weighted by Gasteiger charge is 2.36. The van der Waals surface area contributed by atoms with Crippen LogP contribution in [-0.4, -0.2) is 64.6 Å². The summed E-state index contributed by atoms with van der Waals surface area (Å²) in [5, 5.41) is 0. The molecule has 0 aliphatic carbocycles. The van der Waals surface area contributed by atoms with Crippen molar-refractivity contribution in [3.8, 4) is 0 Å². The number of hydrogen-bond acceptors (Lipinski definition) is 4. The van der Waals surface area contributed by atoms with Crippen molar-refractivity contribution in [1.82, 2.24) is 19.8 Å². The van der Waals surface area contributed by atoms with Gasteiger partial charge in [-0.1, -0.05) is 0 Å². The SMILES string of the molecule is CCN1CCN(C2CCN(c3nccc(C(F)(F)F)n3)CC2)C1=O. The third kappa shape index (κ3) is 3.25. The van der Waals surface area contributed by atoms with Gasteiger partial charge < -0.3 is 14.7 Å². The molecule has 0 unspecified atom stereocenters. The van der Waals surface area contributed by atoms with Gasteiger partial charge in [-0.15, -0.1) is 0 Å². The number of hydrogen-bond donors (Lipinski definition) is 0. The average molecular weight is 343 g/mol. The van der Waals surface area contributed by atoms with E-state index in [1.807, 2.05) is 16.7 Å². The minimum atomic E-state index is -4.47. The van der Waals surface area contributed by atoms with Gasteiger partial charge in [-0.2, -0.15) is 13.2 Å². The number of alkyl halides is 3. The molecule has 24 heavy (non-hydrogen) atoms. The first-order chi connectivity index (χ1) is 11.4. The van der Waals surface area contributed by atoms with Gasteiger partial charge in [0.1, 0.15) is 5.69 Å². The number of likely N-dealkylation sites (N-methyl/N-ethyl adjacent to an activating group) is 1. The van der Waals surface area contributed by atoms with Crippen molar-refractivity contribution in [3.05, 3.63) is 18.0 Å². The molecule has 0 radical (unpaired) electrons. The van der Waals surface area contributed by atoms with E-state index in [4.69, 9.17) is 0 Å². The molecule has 132 valence electrons. The fourth-order valence-corrected chi connectivity index (χ4v) is 3.27. The Morgan fingerprint density at radius 2 is 1.92 bits per heavy atom. The molecule has 2 fully saturated rings. The van der Waals surface area contributed by atoms with Crippen LogP contribution in [0.1, 0.15) is 25.5 Å². The number of aromatic nitrogens is 2. The summed E-state index contributed by atoms with van der Waals surface area (Å²) < 4.78 is 38.3. The van der Waals surface area contributed by atoms with Crippen molar-refractivity contribution in [2.75, 3.05) is 37.6 Å². The van der Waals surface area contributed by atoms with Gasteiger partial charge in [0, 0.05) is 45.0 Å². The van der Waals surface area contributed by atoms with Gasteiger partial charge in [-0.3, -0.25) is 0 Å². The highest BCUT2D eigenvalue weighted by molar-refractivity contribution is 5.76. The van der Waals surface area contributed by atoms with E-state index in [9.17, 15) is 18.0 Å².